The number of ether oxygens (including phenoxy) is 2. The van der Waals surface area contributed by atoms with Gasteiger partial charge in [-0.2, -0.15) is 0 Å². The highest BCUT2D eigenvalue weighted by Gasteiger charge is 2.26. The molecule has 2 aromatic carbocycles. The number of hydrogen-bond donors (Lipinski definition) is 0. The van der Waals surface area contributed by atoms with Gasteiger partial charge in [0, 0.05) is 38.8 Å². The fraction of sp³-hybridized carbons (Fsp3) is 0.368. The molecular weight excluding hydrogens is 372 g/mol. The van der Waals surface area contributed by atoms with E-state index in [1.54, 1.807) is 6.07 Å². The van der Waals surface area contributed by atoms with E-state index in [4.69, 9.17) is 9.47 Å². The maximum Gasteiger partial charge on any atom is 0.295 e. The van der Waals surface area contributed by atoms with E-state index in [9.17, 15) is 18.9 Å². The zero-order valence-electron chi connectivity index (χ0n) is 15.7. The zero-order chi connectivity index (χ0) is 20.3. The summed E-state index contributed by atoms with van der Waals surface area (Å²) in [7, 11) is 2.74. The van der Waals surface area contributed by atoms with Gasteiger partial charge in [0.2, 0.25) is 0 Å². The molecule has 0 amide bonds. The maximum absolute atomic E-state index is 13.9. The van der Waals surface area contributed by atoms with Crippen molar-refractivity contribution in [2.45, 2.75) is 6.54 Å². The largest absolute Gasteiger partial charge is 0.494 e. The van der Waals surface area contributed by atoms with Crippen LogP contribution in [-0.4, -0.2) is 50.2 Å². The Bertz CT molecular complexity index is 870. The van der Waals surface area contributed by atoms with Crippen molar-refractivity contribution < 1.29 is 23.2 Å². The molecule has 1 fully saturated rings. The topological polar surface area (TPSA) is 68.1 Å². The Morgan fingerprint density at radius 1 is 1.00 bits per heavy atom. The van der Waals surface area contributed by atoms with Crippen LogP contribution >= 0.6 is 0 Å². The summed E-state index contributed by atoms with van der Waals surface area (Å²) in [6, 6.07) is 7.10. The van der Waals surface area contributed by atoms with Crippen molar-refractivity contribution in [1.82, 2.24) is 4.90 Å². The van der Waals surface area contributed by atoms with Crippen LogP contribution in [0.15, 0.2) is 30.3 Å². The number of piperazine rings is 1. The Labute approximate surface area is 161 Å². The van der Waals surface area contributed by atoms with Crippen molar-refractivity contribution in [2.24, 2.45) is 0 Å². The molecule has 0 aromatic heterocycles. The van der Waals surface area contributed by atoms with Gasteiger partial charge in [0.15, 0.2) is 23.1 Å². The second-order valence-corrected chi connectivity index (χ2v) is 6.46. The predicted octanol–water partition coefficient (Wildman–Crippen LogP) is 3.21. The molecule has 0 unspecified atom stereocenters. The first-order valence-corrected chi connectivity index (χ1v) is 8.74. The Kier molecular flexibility index (Phi) is 5.93. The van der Waals surface area contributed by atoms with Gasteiger partial charge in [0.25, 0.3) is 5.69 Å². The maximum atomic E-state index is 13.9. The van der Waals surface area contributed by atoms with Gasteiger partial charge in [-0.3, -0.25) is 15.0 Å². The lowest BCUT2D eigenvalue weighted by Gasteiger charge is -2.36. The van der Waals surface area contributed by atoms with Crippen LogP contribution in [0.2, 0.25) is 0 Å². The minimum absolute atomic E-state index is 0.0308. The van der Waals surface area contributed by atoms with Gasteiger partial charge < -0.3 is 14.4 Å². The lowest BCUT2D eigenvalue weighted by Crippen LogP contribution is -2.46. The number of benzene rings is 2. The smallest absolute Gasteiger partial charge is 0.295 e. The molecule has 7 nitrogen and oxygen atoms in total. The van der Waals surface area contributed by atoms with Gasteiger partial charge in [-0.25, -0.2) is 8.78 Å². The summed E-state index contributed by atoms with van der Waals surface area (Å²) in [6.07, 6.45) is 0. The van der Waals surface area contributed by atoms with Crippen LogP contribution in [0, 0.1) is 21.7 Å². The molecular formula is C19H21F2N3O4. The second-order valence-electron chi connectivity index (χ2n) is 6.46. The average molecular weight is 393 g/mol. The molecule has 1 aliphatic rings. The first-order valence-electron chi connectivity index (χ1n) is 8.74. The lowest BCUT2D eigenvalue weighted by molar-refractivity contribution is -0.384. The summed E-state index contributed by atoms with van der Waals surface area (Å²) in [5.41, 5.74) is 0.864. The quantitative estimate of drug-likeness (QED) is 0.555. The molecule has 1 heterocycles. The summed E-state index contributed by atoms with van der Waals surface area (Å²) in [5.74, 6) is -1.01. The molecule has 1 saturated heterocycles. The van der Waals surface area contributed by atoms with Gasteiger partial charge >= 0.3 is 0 Å². The van der Waals surface area contributed by atoms with Crippen LogP contribution in [0.4, 0.5) is 20.2 Å². The molecule has 28 heavy (non-hydrogen) atoms. The molecule has 3 rings (SSSR count). The highest BCUT2D eigenvalue weighted by Crippen LogP contribution is 2.35. The van der Waals surface area contributed by atoms with Crippen molar-refractivity contribution in [3.63, 3.8) is 0 Å². The highest BCUT2D eigenvalue weighted by atomic mass is 19.1. The van der Waals surface area contributed by atoms with E-state index in [0.717, 1.165) is 11.6 Å². The molecule has 150 valence electrons. The minimum Gasteiger partial charge on any atom is -0.494 e. The minimum atomic E-state index is -0.766. The normalized spacial score (nSPS) is 14.8. The number of nitro benzene ring substituents is 1. The number of nitrogens with zero attached hydrogens (tertiary/aromatic N) is 3. The third-order valence-electron chi connectivity index (χ3n) is 4.78. The highest BCUT2D eigenvalue weighted by molar-refractivity contribution is 5.66. The van der Waals surface area contributed by atoms with Crippen LogP contribution in [0.25, 0.3) is 0 Å². The first-order chi connectivity index (χ1) is 13.4. The average Bonchev–Trinajstić information content (AvgIpc) is 2.68. The Balaban J connectivity index is 1.70. The molecule has 1 aliphatic heterocycles. The number of methoxy groups -OCH3 is 2. The SMILES string of the molecule is COc1ccc(CN2CCN(c3cc(OC)c(F)cc3[N+](=O)[O-])CC2)cc1F. The Hall–Kier alpha value is -2.94. The van der Waals surface area contributed by atoms with Crippen molar-refractivity contribution in [3.05, 3.63) is 57.6 Å². The fourth-order valence-electron chi connectivity index (χ4n) is 3.30. The van der Waals surface area contributed by atoms with Crippen molar-refractivity contribution >= 4 is 11.4 Å². The summed E-state index contributed by atoms with van der Waals surface area (Å²) in [5, 5.41) is 11.3. The van der Waals surface area contributed by atoms with E-state index in [0.29, 0.717) is 38.4 Å². The third-order valence-corrected chi connectivity index (χ3v) is 4.78. The molecule has 0 radical (unpaired) electrons. The third kappa shape index (κ3) is 4.14. The number of hydrogen-bond acceptors (Lipinski definition) is 6. The van der Waals surface area contributed by atoms with Crippen LogP contribution in [-0.2, 0) is 6.54 Å². The van der Waals surface area contributed by atoms with Gasteiger partial charge in [-0.15, -0.1) is 0 Å². The number of rotatable bonds is 6. The molecule has 0 atom stereocenters. The Morgan fingerprint density at radius 2 is 1.64 bits per heavy atom. The predicted molar refractivity (Wildman–Crippen MR) is 100 cm³/mol. The lowest BCUT2D eigenvalue weighted by atomic mass is 10.1. The summed E-state index contributed by atoms with van der Waals surface area (Å²) in [6.45, 7) is 2.86. The number of halogens is 2. The van der Waals surface area contributed by atoms with E-state index in [2.05, 4.69) is 4.90 Å². The van der Waals surface area contributed by atoms with Crippen LogP contribution in [0.5, 0.6) is 11.5 Å². The van der Waals surface area contributed by atoms with Crippen LogP contribution in [0.3, 0.4) is 0 Å². The number of anilines is 1. The molecule has 0 bridgehead atoms. The molecule has 0 saturated carbocycles. The molecule has 0 N–H and O–H groups in total. The second kappa shape index (κ2) is 8.39. The monoisotopic (exact) mass is 393 g/mol. The van der Waals surface area contributed by atoms with Crippen LogP contribution < -0.4 is 14.4 Å². The van der Waals surface area contributed by atoms with Crippen LogP contribution in [0.1, 0.15) is 5.56 Å². The molecule has 2 aromatic rings. The van der Waals surface area contributed by atoms with Gasteiger partial charge in [0.05, 0.1) is 25.2 Å². The standard InChI is InChI=1S/C19H21F2N3O4/c1-27-18-4-3-13(9-14(18)20)12-22-5-7-23(8-6-22)16-11-19(28-2)15(21)10-17(16)24(25)26/h3-4,9-11H,5-8,12H2,1-2H3. The van der Waals surface area contributed by atoms with E-state index >= 15 is 0 Å². The number of nitro groups is 1. The summed E-state index contributed by atoms with van der Waals surface area (Å²) < 4.78 is 37.6. The van der Waals surface area contributed by atoms with Gasteiger partial charge in [-0.05, 0) is 17.7 Å². The fourth-order valence-corrected chi connectivity index (χ4v) is 3.30. The Morgan fingerprint density at radius 3 is 2.21 bits per heavy atom. The molecule has 0 spiro atoms. The van der Waals surface area contributed by atoms with Crippen molar-refractivity contribution in [2.75, 3.05) is 45.3 Å². The summed E-state index contributed by atoms with van der Waals surface area (Å²) >= 11 is 0. The van der Waals surface area contributed by atoms with E-state index in [1.165, 1.54) is 26.4 Å². The first kappa shape index (κ1) is 19.8. The molecule has 9 heteroatoms. The van der Waals surface area contributed by atoms with E-state index in [1.807, 2.05) is 11.0 Å². The van der Waals surface area contributed by atoms with Gasteiger partial charge in [0.1, 0.15) is 5.69 Å². The molecule has 0 aliphatic carbocycles. The summed E-state index contributed by atoms with van der Waals surface area (Å²) in [4.78, 5) is 14.7. The van der Waals surface area contributed by atoms with Crippen molar-refractivity contribution in [3.8, 4) is 11.5 Å². The zero-order valence-corrected chi connectivity index (χ0v) is 15.7. The van der Waals surface area contributed by atoms with E-state index < -0.39 is 16.6 Å². The van der Waals surface area contributed by atoms with Crippen molar-refractivity contribution in [1.29, 1.82) is 0 Å². The van der Waals surface area contributed by atoms with Gasteiger partial charge in [-0.1, -0.05) is 6.07 Å². The van der Waals surface area contributed by atoms with E-state index in [-0.39, 0.29) is 17.2 Å².